The number of carbonyl (C=O) groups excluding carboxylic acids is 1. The number of benzene rings is 1. The number of aromatic amines is 1. The summed E-state index contributed by atoms with van der Waals surface area (Å²) in [6.45, 7) is 0. The molecule has 2 aromatic rings. The summed E-state index contributed by atoms with van der Waals surface area (Å²) in [5.41, 5.74) is 4.31. The normalized spacial score (nSPS) is 17.1. The Balaban J connectivity index is 1.91. The molecular formula is C16H19N3O2. The predicted octanol–water partition coefficient (Wildman–Crippen LogP) is 1.94. The number of aromatic nitrogens is 2. The summed E-state index contributed by atoms with van der Waals surface area (Å²) in [4.78, 5) is 11.9. The molecule has 5 heteroatoms. The maximum atomic E-state index is 11.9. The third-order valence-electron chi connectivity index (χ3n) is 4.13. The molecule has 0 saturated heterocycles. The largest absolute Gasteiger partial charge is 0.497 e. The number of hydrogen-bond acceptors (Lipinski definition) is 3. The highest BCUT2D eigenvalue weighted by atomic mass is 16.5. The summed E-state index contributed by atoms with van der Waals surface area (Å²) >= 11 is 0. The topological polar surface area (TPSA) is 67.0 Å². The first-order valence-corrected chi connectivity index (χ1v) is 7.15. The van der Waals surface area contributed by atoms with E-state index >= 15 is 0 Å². The van der Waals surface area contributed by atoms with Gasteiger partial charge in [-0.05, 0) is 43.5 Å². The first-order valence-electron chi connectivity index (χ1n) is 7.15. The molecule has 0 fully saturated rings. The molecule has 0 saturated carbocycles. The van der Waals surface area contributed by atoms with Crippen LogP contribution in [0.3, 0.4) is 0 Å². The van der Waals surface area contributed by atoms with Gasteiger partial charge in [0, 0.05) is 29.8 Å². The van der Waals surface area contributed by atoms with Gasteiger partial charge in [0.25, 0.3) is 0 Å². The van der Waals surface area contributed by atoms with E-state index in [1.807, 2.05) is 24.3 Å². The van der Waals surface area contributed by atoms with Crippen LogP contribution in [0.5, 0.6) is 5.75 Å². The molecule has 0 spiro atoms. The first kappa shape index (κ1) is 13.7. The second-order valence-corrected chi connectivity index (χ2v) is 5.31. The van der Waals surface area contributed by atoms with Crippen molar-refractivity contribution in [3.63, 3.8) is 0 Å². The van der Waals surface area contributed by atoms with Crippen molar-refractivity contribution in [1.82, 2.24) is 15.5 Å². The van der Waals surface area contributed by atoms with Gasteiger partial charge in [-0.3, -0.25) is 9.89 Å². The first-order chi connectivity index (χ1) is 10.2. The van der Waals surface area contributed by atoms with Crippen molar-refractivity contribution in [2.75, 3.05) is 14.2 Å². The Morgan fingerprint density at radius 3 is 2.81 bits per heavy atom. The molecule has 0 radical (unpaired) electrons. The Kier molecular flexibility index (Phi) is 3.64. The van der Waals surface area contributed by atoms with Crippen LogP contribution < -0.4 is 10.1 Å². The van der Waals surface area contributed by atoms with E-state index in [1.165, 1.54) is 5.56 Å². The lowest BCUT2D eigenvalue weighted by atomic mass is 9.85. The second kappa shape index (κ2) is 5.60. The maximum Gasteiger partial charge on any atom is 0.223 e. The van der Waals surface area contributed by atoms with E-state index in [-0.39, 0.29) is 11.8 Å². The molecule has 1 atom stereocenters. The van der Waals surface area contributed by atoms with Gasteiger partial charge in [0.1, 0.15) is 5.75 Å². The van der Waals surface area contributed by atoms with Gasteiger partial charge in [-0.2, -0.15) is 5.10 Å². The van der Waals surface area contributed by atoms with Crippen LogP contribution in [-0.2, 0) is 17.6 Å². The lowest BCUT2D eigenvalue weighted by Gasteiger charge is -2.21. The van der Waals surface area contributed by atoms with Crippen molar-refractivity contribution in [2.24, 2.45) is 5.92 Å². The lowest BCUT2D eigenvalue weighted by Crippen LogP contribution is -2.31. The molecule has 1 heterocycles. The number of rotatable bonds is 3. The van der Waals surface area contributed by atoms with Crippen LogP contribution in [0.25, 0.3) is 11.3 Å². The summed E-state index contributed by atoms with van der Waals surface area (Å²) < 4.78 is 5.18. The van der Waals surface area contributed by atoms with E-state index in [0.29, 0.717) is 0 Å². The van der Waals surface area contributed by atoms with Crippen LogP contribution in [0.4, 0.5) is 0 Å². The average molecular weight is 285 g/mol. The molecule has 0 aliphatic heterocycles. The smallest absolute Gasteiger partial charge is 0.223 e. The molecular weight excluding hydrogens is 266 g/mol. The number of hydrogen-bond donors (Lipinski definition) is 2. The number of methoxy groups -OCH3 is 1. The van der Waals surface area contributed by atoms with Crippen molar-refractivity contribution >= 4 is 5.91 Å². The number of nitrogens with zero attached hydrogens (tertiary/aromatic N) is 1. The van der Waals surface area contributed by atoms with E-state index < -0.39 is 0 Å². The molecule has 2 N–H and O–H groups in total. The van der Waals surface area contributed by atoms with E-state index in [0.717, 1.165) is 42.0 Å². The number of nitrogens with one attached hydrogen (secondary N) is 2. The Bertz CT molecular complexity index is 646. The second-order valence-electron chi connectivity index (χ2n) is 5.31. The molecule has 3 rings (SSSR count). The third kappa shape index (κ3) is 2.51. The molecule has 0 bridgehead atoms. The van der Waals surface area contributed by atoms with Gasteiger partial charge in [-0.25, -0.2) is 0 Å². The Labute approximate surface area is 123 Å². The summed E-state index contributed by atoms with van der Waals surface area (Å²) in [6, 6.07) is 7.85. The fourth-order valence-electron chi connectivity index (χ4n) is 2.91. The molecule has 1 aromatic heterocycles. The monoisotopic (exact) mass is 285 g/mol. The van der Waals surface area contributed by atoms with E-state index in [1.54, 1.807) is 14.2 Å². The van der Waals surface area contributed by atoms with Crippen molar-refractivity contribution in [3.8, 4) is 17.0 Å². The van der Waals surface area contributed by atoms with E-state index in [9.17, 15) is 4.79 Å². The van der Waals surface area contributed by atoms with E-state index in [2.05, 4.69) is 15.5 Å². The van der Waals surface area contributed by atoms with Gasteiger partial charge in [-0.15, -0.1) is 0 Å². The summed E-state index contributed by atoms with van der Waals surface area (Å²) in [5, 5.41) is 10.3. The Morgan fingerprint density at radius 2 is 2.14 bits per heavy atom. The van der Waals surface area contributed by atoms with Gasteiger partial charge in [0.05, 0.1) is 12.8 Å². The minimum Gasteiger partial charge on any atom is -0.497 e. The van der Waals surface area contributed by atoms with Gasteiger partial charge < -0.3 is 10.1 Å². The van der Waals surface area contributed by atoms with Crippen LogP contribution in [0, 0.1) is 5.92 Å². The number of carbonyl (C=O) groups is 1. The zero-order valence-electron chi connectivity index (χ0n) is 12.3. The molecule has 5 nitrogen and oxygen atoms in total. The fourth-order valence-corrected chi connectivity index (χ4v) is 2.91. The Morgan fingerprint density at radius 1 is 1.38 bits per heavy atom. The number of aryl methyl sites for hydroxylation is 1. The number of fused-ring (bicyclic) bond motifs is 1. The van der Waals surface area contributed by atoms with Gasteiger partial charge in [0.15, 0.2) is 0 Å². The van der Waals surface area contributed by atoms with E-state index in [4.69, 9.17) is 4.74 Å². The highest BCUT2D eigenvalue weighted by molar-refractivity contribution is 5.79. The predicted molar refractivity (Wildman–Crippen MR) is 80.2 cm³/mol. The van der Waals surface area contributed by atoms with Crippen molar-refractivity contribution < 1.29 is 9.53 Å². The number of H-pyrrole nitrogens is 1. The summed E-state index contributed by atoms with van der Waals surface area (Å²) in [7, 11) is 3.34. The molecule has 1 amide bonds. The van der Waals surface area contributed by atoms with Gasteiger partial charge >= 0.3 is 0 Å². The minimum atomic E-state index is 0.0390. The van der Waals surface area contributed by atoms with Crippen LogP contribution in [0.2, 0.25) is 0 Å². The average Bonchev–Trinajstić information content (AvgIpc) is 2.97. The van der Waals surface area contributed by atoms with Crippen molar-refractivity contribution in [3.05, 3.63) is 35.5 Å². The minimum absolute atomic E-state index is 0.0390. The van der Waals surface area contributed by atoms with Crippen LogP contribution >= 0.6 is 0 Å². The molecule has 1 unspecified atom stereocenters. The lowest BCUT2D eigenvalue weighted by molar-refractivity contribution is -0.124. The quantitative estimate of drug-likeness (QED) is 0.905. The Hall–Kier alpha value is -2.30. The molecule has 1 aliphatic carbocycles. The number of amides is 1. The fraction of sp³-hybridized carbons (Fsp3) is 0.375. The van der Waals surface area contributed by atoms with Crippen LogP contribution in [-0.4, -0.2) is 30.3 Å². The van der Waals surface area contributed by atoms with Crippen molar-refractivity contribution in [2.45, 2.75) is 19.3 Å². The SMILES string of the molecule is CNC(=O)C1CCc2[nH]nc(-c3ccc(OC)cc3)c2C1. The number of ether oxygens (including phenoxy) is 1. The van der Waals surface area contributed by atoms with Crippen LogP contribution in [0.15, 0.2) is 24.3 Å². The standard InChI is InChI=1S/C16H19N3O2/c1-17-16(20)11-5-8-14-13(9-11)15(19-18-14)10-3-6-12(21-2)7-4-10/h3-4,6-7,11H,5,8-9H2,1-2H3,(H,17,20)(H,18,19). The molecule has 1 aliphatic rings. The van der Waals surface area contributed by atoms with Gasteiger partial charge in [-0.1, -0.05) is 0 Å². The van der Waals surface area contributed by atoms with Crippen LogP contribution in [0.1, 0.15) is 17.7 Å². The van der Waals surface area contributed by atoms with Gasteiger partial charge in [0.2, 0.25) is 5.91 Å². The zero-order valence-corrected chi connectivity index (χ0v) is 12.3. The molecule has 21 heavy (non-hydrogen) atoms. The summed E-state index contributed by atoms with van der Waals surface area (Å²) in [6.07, 6.45) is 2.49. The molecule has 110 valence electrons. The summed E-state index contributed by atoms with van der Waals surface area (Å²) in [5.74, 6) is 0.978. The maximum absolute atomic E-state index is 11.9. The third-order valence-corrected chi connectivity index (χ3v) is 4.13. The zero-order chi connectivity index (χ0) is 14.8. The highest BCUT2D eigenvalue weighted by Gasteiger charge is 2.28. The molecule has 1 aromatic carbocycles. The highest BCUT2D eigenvalue weighted by Crippen LogP contribution is 2.32. The van der Waals surface area contributed by atoms with Crippen molar-refractivity contribution in [1.29, 1.82) is 0 Å².